The number of nitrogens with one attached hydrogen (secondary N) is 1. The van der Waals surface area contributed by atoms with Crippen LogP contribution >= 0.6 is 22.9 Å². The highest BCUT2D eigenvalue weighted by Crippen LogP contribution is 2.31. The van der Waals surface area contributed by atoms with Gasteiger partial charge in [0.05, 0.1) is 5.69 Å². The van der Waals surface area contributed by atoms with E-state index in [2.05, 4.69) is 4.72 Å². The first-order valence-corrected chi connectivity index (χ1v) is 7.88. The summed E-state index contributed by atoms with van der Waals surface area (Å²) in [6, 6.07) is 11.1. The summed E-state index contributed by atoms with van der Waals surface area (Å²) in [7, 11) is -3.47. The zero-order valence-electron chi connectivity index (χ0n) is 8.76. The van der Waals surface area contributed by atoms with Crippen LogP contribution in [0.5, 0.6) is 0 Å². The summed E-state index contributed by atoms with van der Waals surface area (Å²) in [4.78, 5) is 1.01. The number of rotatable bonds is 4. The molecule has 1 aromatic carbocycles. The van der Waals surface area contributed by atoms with Gasteiger partial charge in [-0.05, 0) is 17.5 Å². The SMILES string of the molecule is O=S(=O)(CCl)Nc1ccccc1-c1cccs1. The number of sulfonamides is 1. The van der Waals surface area contributed by atoms with Crippen LogP contribution in [-0.2, 0) is 10.0 Å². The van der Waals surface area contributed by atoms with E-state index in [9.17, 15) is 8.42 Å². The van der Waals surface area contributed by atoms with Crippen molar-refractivity contribution in [3.05, 3.63) is 41.8 Å². The first-order chi connectivity index (χ1) is 8.12. The van der Waals surface area contributed by atoms with Gasteiger partial charge >= 0.3 is 0 Å². The zero-order chi connectivity index (χ0) is 12.3. The summed E-state index contributed by atoms with van der Waals surface area (Å²) in [6.45, 7) is 0. The monoisotopic (exact) mass is 287 g/mol. The predicted molar refractivity (Wildman–Crippen MR) is 73.0 cm³/mol. The second-order valence-corrected chi connectivity index (χ2v) is 6.60. The van der Waals surface area contributed by atoms with Crippen molar-refractivity contribution in [2.24, 2.45) is 0 Å². The van der Waals surface area contributed by atoms with Gasteiger partial charge in [-0.3, -0.25) is 4.72 Å². The molecule has 0 fully saturated rings. The molecule has 0 bridgehead atoms. The molecule has 0 spiro atoms. The first-order valence-electron chi connectivity index (χ1n) is 4.82. The maximum Gasteiger partial charge on any atom is 0.246 e. The van der Waals surface area contributed by atoms with Gasteiger partial charge in [0, 0.05) is 10.4 Å². The third-order valence-electron chi connectivity index (χ3n) is 2.12. The van der Waals surface area contributed by atoms with Gasteiger partial charge in [0.25, 0.3) is 0 Å². The summed E-state index contributed by atoms with van der Waals surface area (Å²) >= 11 is 6.93. The fourth-order valence-corrected chi connectivity index (χ4v) is 2.91. The molecule has 2 aromatic rings. The van der Waals surface area contributed by atoms with Crippen molar-refractivity contribution in [3.8, 4) is 10.4 Å². The van der Waals surface area contributed by atoms with Crippen molar-refractivity contribution < 1.29 is 8.42 Å². The van der Waals surface area contributed by atoms with Gasteiger partial charge in [-0.2, -0.15) is 0 Å². The van der Waals surface area contributed by atoms with Crippen LogP contribution in [0.25, 0.3) is 10.4 Å². The Morgan fingerprint density at radius 2 is 1.94 bits per heavy atom. The van der Waals surface area contributed by atoms with Crippen LogP contribution in [0.3, 0.4) is 0 Å². The molecule has 1 aromatic heterocycles. The lowest BCUT2D eigenvalue weighted by atomic mass is 10.1. The molecular weight excluding hydrogens is 278 g/mol. The molecule has 17 heavy (non-hydrogen) atoms. The van der Waals surface area contributed by atoms with E-state index in [1.54, 1.807) is 23.5 Å². The van der Waals surface area contributed by atoms with Crippen LogP contribution in [0, 0.1) is 0 Å². The molecule has 90 valence electrons. The molecule has 0 radical (unpaired) electrons. The average Bonchev–Trinajstić information content (AvgIpc) is 2.83. The Morgan fingerprint density at radius 3 is 2.59 bits per heavy atom. The molecule has 1 heterocycles. The Labute approximate surface area is 109 Å². The smallest absolute Gasteiger partial charge is 0.246 e. The lowest BCUT2D eigenvalue weighted by Gasteiger charge is -2.09. The summed E-state index contributed by atoms with van der Waals surface area (Å²) in [5, 5.41) is 1.49. The first kappa shape index (κ1) is 12.4. The third-order valence-corrected chi connectivity index (χ3v) is 4.71. The quantitative estimate of drug-likeness (QED) is 0.877. The van der Waals surface area contributed by atoms with Gasteiger partial charge in [0.1, 0.15) is 5.21 Å². The Balaban J connectivity index is 2.42. The van der Waals surface area contributed by atoms with E-state index in [4.69, 9.17) is 11.6 Å². The Hall–Kier alpha value is -1.04. The fourth-order valence-electron chi connectivity index (χ4n) is 1.41. The van der Waals surface area contributed by atoms with E-state index < -0.39 is 15.2 Å². The summed E-state index contributed by atoms with van der Waals surface area (Å²) < 4.78 is 25.4. The number of hydrogen-bond donors (Lipinski definition) is 1. The summed E-state index contributed by atoms with van der Waals surface area (Å²) in [5.41, 5.74) is 1.41. The number of halogens is 1. The van der Waals surface area contributed by atoms with Gasteiger partial charge in [-0.15, -0.1) is 22.9 Å². The van der Waals surface area contributed by atoms with Crippen LogP contribution in [0.1, 0.15) is 0 Å². The summed E-state index contributed by atoms with van der Waals surface area (Å²) in [5.74, 6) is 0. The van der Waals surface area contributed by atoms with Crippen LogP contribution in [0.2, 0.25) is 0 Å². The van der Waals surface area contributed by atoms with Crippen molar-refractivity contribution in [1.29, 1.82) is 0 Å². The third kappa shape index (κ3) is 3.00. The van der Waals surface area contributed by atoms with Crippen molar-refractivity contribution in [1.82, 2.24) is 0 Å². The lowest BCUT2D eigenvalue weighted by molar-refractivity contribution is 0.605. The molecule has 0 aliphatic rings. The molecule has 0 atom stereocenters. The van der Waals surface area contributed by atoms with Crippen LogP contribution in [0.15, 0.2) is 41.8 Å². The molecule has 0 saturated heterocycles. The minimum absolute atomic E-state index is 0.453. The maximum absolute atomic E-state index is 11.5. The van der Waals surface area contributed by atoms with Crippen LogP contribution in [-0.4, -0.2) is 13.6 Å². The van der Waals surface area contributed by atoms with E-state index in [1.807, 2.05) is 29.6 Å². The van der Waals surface area contributed by atoms with Crippen molar-refractivity contribution >= 4 is 38.6 Å². The number of anilines is 1. The Bertz CT molecular complexity index is 594. The molecule has 2 rings (SSSR count). The maximum atomic E-state index is 11.5. The predicted octanol–water partition coefficient (Wildman–Crippen LogP) is 3.35. The topological polar surface area (TPSA) is 46.2 Å². The molecule has 3 nitrogen and oxygen atoms in total. The van der Waals surface area contributed by atoms with Gasteiger partial charge in [0.15, 0.2) is 0 Å². The second-order valence-electron chi connectivity index (χ2n) is 3.35. The van der Waals surface area contributed by atoms with Crippen molar-refractivity contribution in [2.45, 2.75) is 0 Å². The Morgan fingerprint density at radius 1 is 1.18 bits per heavy atom. The molecule has 0 amide bonds. The number of hydrogen-bond acceptors (Lipinski definition) is 3. The normalized spacial score (nSPS) is 11.4. The molecule has 0 saturated carbocycles. The average molecular weight is 288 g/mol. The Kier molecular flexibility index (Phi) is 3.71. The molecular formula is C11H10ClNO2S2. The van der Waals surface area contributed by atoms with Gasteiger partial charge < -0.3 is 0 Å². The van der Waals surface area contributed by atoms with E-state index in [1.165, 1.54) is 0 Å². The number of benzene rings is 1. The molecule has 0 aliphatic heterocycles. The van der Waals surface area contributed by atoms with Crippen LogP contribution in [0.4, 0.5) is 5.69 Å². The lowest BCUT2D eigenvalue weighted by Crippen LogP contribution is -2.13. The number of para-hydroxylation sites is 1. The minimum Gasteiger partial charge on any atom is -0.282 e. The van der Waals surface area contributed by atoms with E-state index in [-0.39, 0.29) is 0 Å². The molecule has 0 aliphatic carbocycles. The van der Waals surface area contributed by atoms with E-state index in [0.29, 0.717) is 5.69 Å². The number of thiophene rings is 1. The largest absolute Gasteiger partial charge is 0.282 e. The second kappa shape index (κ2) is 5.08. The number of alkyl halides is 1. The van der Waals surface area contributed by atoms with Gasteiger partial charge in [-0.1, -0.05) is 24.3 Å². The highest BCUT2D eigenvalue weighted by Gasteiger charge is 2.12. The highest BCUT2D eigenvalue weighted by molar-refractivity contribution is 7.93. The molecule has 1 N–H and O–H groups in total. The zero-order valence-corrected chi connectivity index (χ0v) is 11.1. The van der Waals surface area contributed by atoms with Crippen molar-refractivity contribution in [2.75, 3.05) is 9.93 Å². The molecule has 0 unspecified atom stereocenters. The summed E-state index contributed by atoms with van der Waals surface area (Å²) in [6.07, 6.45) is 0. The standard InChI is InChI=1S/C11H10ClNO2S2/c12-8-17(14,15)13-10-5-2-1-4-9(10)11-6-3-7-16-11/h1-7,13H,8H2. The molecule has 6 heteroatoms. The van der Waals surface area contributed by atoms with Gasteiger partial charge in [-0.25, -0.2) is 8.42 Å². The van der Waals surface area contributed by atoms with Gasteiger partial charge in [0.2, 0.25) is 10.0 Å². The van der Waals surface area contributed by atoms with Crippen molar-refractivity contribution in [3.63, 3.8) is 0 Å². The minimum atomic E-state index is -3.47. The van der Waals surface area contributed by atoms with E-state index in [0.717, 1.165) is 10.4 Å². The fraction of sp³-hybridized carbons (Fsp3) is 0.0909. The highest BCUT2D eigenvalue weighted by atomic mass is 35.5. The van der Waals surface area contributed by atoms with E-state index >= 15 is 0 Å². The van der Waals surface area contributed by atoms with Crippen LogP contribution < -0.4 is 4.72 Å².